The second-order valence-electron chi connectivity index (χ2n) is 6.79. The molecule has 0 spiro atoms. The highest BCUT2D eigenvalue weighted by molar-refractivity contribution is 5.76. The van der Waals surface area contributed by atoms with E-state index in [-0.39, 0.29) is 6.04 Å². The number of nitrogens with zero attached hydrogens (tertiary/aromatic N) is 1. The monoisotopic (exact) mass is 378 g/mol. The highest BCUT2D eigenvalue weighted by Crippen LogP contribution is 2.22. The van der Waals surface area contributed by atoms with Gasteiger partial charge in [0.1, 0.15) is 17.3 Å². The molecule has 3 aromatic rings. The van der Waals surface area contributed by atoms with Gasteiger partial charge in [0.2, 0.25) is 5.89 Å². The lowest BCUT2D eigenvalue weighted by Crippen LogP contribution is -2.37. The van der Waals surface area contributed by atoms with Crippen molar-refractivity contribution >= 4 is 17.1 Å². The van der Waals surface area contributed by atoms with E-state index in [1.165, 1.54) is 13.8 Å². The van der Waals surface area contributed by atoms with Crippen molar-refractivity contribution in [3.05, 3.63) is 60.0 Å². The van der Waals surface area contributed by atoms with Gasteiger partial charge in [0.15, 0.2) is 11.2 Å². The van der Waals surface area contributed by atoms with Crippen molar-refractivity contribution in [2.24, 2.45) is 0 Å². The number of hydrogen-bond acceptors (Lipinski definition) is 5. The number of hydrogen-bond donors (Lipinski definition) is 2. The van der Waals surface area contributed by atoms with Crippen molar-refractivity contribution in [3.63, 3.8) is 0 Å². The third-order valence-electron chi connectivity index (χ3n) is 4.17. The van der Waals surface area contributed by atoms with Gasteiger partial charge in [0, 0.05) is 6.54 Å². The standard InChI is InChI=1S/C22H22N2O4/c1-4-7-18(20-24-17-8-5-6-9-19(17)27-20)23-14-15-10-12-16(13-11-15)28-22(2,3)21(25)26/h5-6,8-13,18,23H,14H2,1-3H3,(H,25,26). The Morgan fingerprint density at radius 1 is 1.25 bits per heavy atom. The molecule has 2 aromatic carbocycles. The highest BCUT2D eigenvalue weighted by Gasteiger charge is 2.29. The van der Waals surface area contributed by atoms with Crippen LogP contribution in [0.15, 0.2) is 52.9 Å². The molecule has 6 heteroatoms. The summed E-state index contributed by atoms with van der Waals surface area (Å²) in [5.74, 6) is 5.99. The third-order valence-corrected chi connectivity index (χ3v) is 4.17. The lowest BCUT2D eigenvalue weighted by atomic mass is 10.1. The molecule has 28 heavy (non-hydrogen) atoms. The smallest absolute Gasteiger partial charge is 0.347 e. The Kier molecular flexibility index (Phi) is 5.67. The van der Waals surface area contributed by atoms with Gasteiger partial charge in [-0.3, -0.25) is 5.32 Å². The predicted octanol–water partition coefficient (Wildman–Crippen LogP) is 3.92. The average molecular weight is 378 g/mol. The molecule has 0 fully saturated rings. The number of carboxylic acid groups (broad SMARTS) is 1. The largest absolute Gasteiger partial charge is 0.478 e. The van der Waals surface area contributed by atoms with Gasteiger partial charge in [-0.05, 0) is 50.6 Å². The summed E-state index contributed by atoms with van der Waals surface area (Å²) in [4.78, 5) is 15.7. The Labute approximate surface area is 163 Å². The molecule has 1 unspecified atom stereocenters. The second-order valence-corrected chi connectivity index (χ2v) is 6.79. The van der Waals surface area contributed by atoms with Gasteiger partial charge in [-0.15, -0.1) is 5.92 Å². The predicted molar refractivity (Wildman–Crippen MR) is 106 cm³/mol. The quantitative estimate of drug-likeness (QED) is 0.606. The molecule has 0 saturated carbocycles. The maximum absolute atomic E-state index is 11.2. The van der Waals surface area contributed by atoms with E-state index in [9.17, 15) is 4.79 Å². The summed E-state index contributed by atoms with van der Waals surface area (Å²) in [6.07, 6.45) is 0. The van der Waals surface area contributed by atoms with E-state index in [0.29, 0.717) is 18.2 Å². The topological polar surface area (TPSA) is 84.6 Å². The number of fused-ring (bicyclic) bond motifs is 1. The zero-order valence-electron chi connectivity index (χ0n) is 16.0. The molecule has 0 saturated heterocycles. The summed E-state index contributed by atoms with van der Waals surface area (Å²) >= 11 is 0. The van der Waals surface area contributed by atoms with Crippen LogP contribution in [-0.2, 0) is 11.3 Å². The van der Waals surface area contributed by atoms with E-state index >= 15 is 0 Å². The number of carbonyl (C=O) groups is 1. The number of ether oxygens (including phenoxy) is 1. The minimum Gasteiger partial charge on any atom is -0.478 e. The molecule has 1 aromatic heterocycles. The van der Waals surface area contributed by atoms with E-state index in [2.05, 4.69) is 22.1 Å². The lowest BCUT2D eigenvalue weighted by molar-refractivity contribution is -0.152. The minimum absolute atomic E-state index is 0.334. The van der Waals surface area contributed by atoms with Crippen molar-refractivity contribution in [1.82, 2.24) is 10.3 Å². The number of aromatic nitrogens is 1. The zero-order chi connectivity index (χ0) is 20.1. The number of carboxylic acids is 1. The van der Waals surface area contributed by atoms with E-state index in [0.717, 1.165) is 16.7 Å². The molecule has 0 aliphatic heterocycles. The molecule has 2 N–H and O–H groups in total. The Hall–Kier alpha value is -3.30. The summed E-state index contributed by atoms with van der Waals surface area (Å²) in [6, 6.07) is 14.5. The highest BCUT2D eigenvalue weighted by atomic mass is 16.5. The van der Waals surface area contributed by atoms with Crippen molar-refractivity contribution in [3.8, 4) is 17.6 Å². The molecule has 0 aliphatic carbocycles. The van der Waals surface area contributed by atoms with Crippen LogP contribution in [0.25, 0.3) is 11.1 Å². The summed E-state index contributed by atoms with van der Waals surface area (Å²) in [5.41, 5.74) is 1.24. The molecule has 0 amide bonds. The van der Waals surface area contributed by atoms with Crippen molar-refractivity contribution < 1.29 is 19.1 Å². The van der Waals surface area contributed by atoms with Gasteiger partial charge in [-0.2, -0.15) is 0 Å². The van der Waals surface area contributed by atoms with Crippen LogP contribution in [-0.4, -0.2) is 21.7 Å². The molecule has 1 heterocycles. The maximum atomic E-state index is 11.2. The molecule has 0 radical (unpaired) electrons. The Balaban J connectivity index is 1.68. The van der Waals surface area contributed by atoms with Crippen LogP contribution in [0.4, 0.5) is 0 Å². The molecular weight excluding hydrogens is 356 g/mol. The first-order valence-corrected chi connectivity index (χ1v) is 8.91. The summed E-state index contributed by atoms with van der Waals surface area (Å²) in [5, 5.41) is 12.5. The fourth-order valence-corrected chi connectivity index (χ4v) is 2.59. The first-order chi connectivity index (χ1) is 13.4. The summed E-state index contributed by atoms with van der Waals surface area (Å²) < 4.78 is 11.3. The first-order valence-electron chi connectivity index (χ1n) is 8.91. The van der Waals surface area contributed by atoms with Gasteiger partial charge in [0.25, 0.3) is 0 Å². The molecule has 0 aliphatic rings. The number of benzene rings is 2. The van der Waals surface area contributed by atoms with Gasteiger partial charge in [0.05, 0.1) is 0 Å². The molecule has 0 bridgehead atoms. The van der Waals surface area contributed by atoms with E-state index in [1.54, 1.807) is 19.1 Å². The van der Waals surface area contributed by atoms with E-state index in [1.807, 2.05) is 36.4 Å². The van der Waals surface area contributed by atoms with Gasteiger partial charge < -0.3 is 14.3 Å². The zero-order valence-corrected chi connectivity index (χ0v) is 16.0. The van der Waals surface area contributed by atoms with E-state index in [4.69, 9.17) is 14.3 Å². The van der Waals surface area contributed by atoms with Crippen molar-refractivity contribution in [2.45, 2.75) is 39.0 Å². The Morgan fingerprint density at radius 2 is 1.96 bits per heavy atom. The van der Waals surface area contributed by atoms with Crippen LogP contribution < -0.4 is 10.1 Å². The van der Waals surface area contributed by atoms with Crippen LogP contribution in [0.2, 0.25) is 0 Å². The van der Waals surface area contributed by atoms with Crippen LogP contribution >= 0.6 is 0 Å². The maximum Gasteiger partial charge on any atom is 0.347 e. The van der Waals surface area contributed by atoms with Crippen LogP contribution in [0.1, 0.15) is 38.3 Å². The average Bonchev–Trinajstić information content (AvgIpc) is 3.10. The number of aliphatic carboxylic acids is 1. The third kappa shape index (κ3) is 4.51. The van der Waals surface area contributed by atoms with Crippen molar-refractivity contribution in [1.29, 1.82) is 0 Å². The number of nitrogens with one attached hydrogen (secondary N) is 1. The molecule has 3 rings (SSSR count). The number of rotatable bonds is 7. The number of para-hydroxylation sites is 2. The normalized spacial score (nSPS) is 12.2. The van der Waals surface area contributed by atoms with Gasteiger partial charge in [-0.1, -0.05) is 30.2 Å². The van der Waals surface area contributed by atoms with Crippen molar-refractivity contribution in [2.75, 3.05) is 0 Å². The van der Waals surface area contributed by atoms with Gasteiger partial charge in [-0.25, -0.2) is 9.78 Å². The molecule has 1 atom stereocenters. The minimum atomic E-state index is -1.28. The SMILES string of the molecule is CC#CC(NCc1ccc(OC(C)(C)C(=O)O)cc1)c1nc2ccccc2o1. The summed E-state index contributed by atoms with van der Waals surface area (Å²) in [6.45, 7) is 5.34. The van der Waals surface area contributed by atoms with Gasteiger partial charge >= 0.3 is 5.97 Å². The second kappa shape index (κ2) is 8.15. The summed E-state index contributed by atoms with van der Waals surface area (Å²) in [7, 11) is 0. The first kappa shape index (κ1) is 19.5. The molecular formula is C22H22N2O4. The van der Waals surface area contributed by atoms with Crippen LogP contribution in [0, 0.1) is 11.8 Å². The Morgan fingerprint density at radius 3 is 2.61 bits per heavy atom. The Bertz CT molecular complexity index is 993. The fraction of sp³-hybridized carbons (Fsp3) is 0.273. The van der Waals surface area contributed by atoms with Crippen LogP contribution in [0.5, 0.6) is 5.75 Å². The van der Waals surface area contributed by atoms with Crippen LogP contribution in [0.3, 0.4) is 0 Å². The molecule has 6 nitrogen and oxygen atoms in total. The fourth-order valence-electron chi connectivity index (χ4n) is 2.59. The number of oxazole rings is 1. The lowest BCUT2D eigenvalue weighted by Gasteiger charge is -2.21. The molecule has 144 valence electrons. The van der Waals surface area contributed by atoms with E-state index < -0.39 is 11.6 Å².